The lowest BCUT2D eigenvalue weighted by Gasteiger charge is -2.25. The molecule has 0 saturated carbocycles. The van der Waals surface area contributed by atoms with Crippen molar-refractivity contribution in [2.45, 2.75) is 38.6 Å². The Morgan fingerprint density at radius 2 is 1.95 bits per heavy atom. The van der Waals surface area contributed by atoms with Gasteiger partial charge < -0.3 is 9.88 Å². The molecular weight excluding hydrogens is 246 g/mol. The van der Waals surface area contributed by atoms with Crippen LogP contribution in [0.15, 0.2) is 36.5 Å². The van der Waals surface area contributed by atoms with Gasteiger partial charge in [0.25, 0.3) is 0 Å². The first-order chi connectivity index (χ1) is 9.86. The Morgan fingerprint density at radius 3 is 2.65 bits per heavy atom. The fourth-order valence-corrected chi connectivity index (χ4v) is 3.04. The van der Waals surface area contributed by atoms with Crippen molar-refractivity contribution in [3.8, 4) is 0 Å². The molecule has 0 radical (unpaired) electrons. The molecule has 2 heterocycles. The Kier molecular flexibility index (Phi) is 4.16. The minimum Gasteiger partial charge on any atom is -0.331 e. The predicted molar refractivity (Wildman–Crippen MR) is 82.0 cm³/mol. The van der Waals surface area contributed by atoms with Crippen LogP contribution in [-0.4, -0.2) is 22.6 Å². The third kappa shape index (κ3) is 2.93. The number of aryl methyl sites for hydroxylation is 1. The summed E-state index contributed by atoms with van der Waals surface area (Å²) in [7, 11) is 0. The largest absolute Gasteiger partial charge is 0.331 e. The minimum atomic E-state index is 0.628. The van der Waals surface area contributed by atoms with E-state index in [-0.39, 0.29) is 0 Å². The lowest BCUT2D eigenvalue weighted by atomic mass is 10.1. The second-order valence-electron chi connectivity index (χ2n) is 5.55. The van der Waals surface area contributed by atoms with Crippen LogP contribution in [0.5, 0.6) is 0 Å². The molecule has 3 nitrogen and oxygen atoms in total. The van der Waals surface area contributed by atoms with Gasteiger partial charge in [0.2, 0.25) is 0 Å². The minimum absolute atomic E-state index is 0.628. The van der Waals surface area contributed by atoms with Gasteiger partial charge in [-0.1, -0.05) is 37.3 Å². The molecule has 1 fully saturated rings. The van der Waals surface area contributed by atoms with Gasteiger partial charge in [0, 0.05) is 25.1 Å². The first kappa shape index (κ1) is 13.4. The maximum absolute atomic E-state index is 4.84. The van der Waals surface area contributed by atoms with E-state index in [2.05, 4.69) is 53.3 Å². The van der Waals surface area contributed by atoms with Crippen molar-refractivity contribution in [1.29, 1.82) is 0 Å². The quantitative estimate of drug-likeness (QED) is 0.925. The molecular formula is C17H23N3. The molecule has 0 atom stereocenters. The summed E-state index contributed by atoms with van der Waals surface area (Å²) in [6, 6.07) is 11.2. The van der Waals surface area contributed by atoms with E-state index >= 15 is 0 Å². The van der Waals surface area contributed by atoms with Gasteiger partial charge in [0.15, 0.2) is 0 Å². The van der Waals surface area contributed by atoms with Gasteiger partial charge >= 0.3 is 0 Å². The molecule has 0 spiro atoms. The normalized spacial score (nSPS) is 16.4. The molecule has 1 aromatic heterocycles. The molecule has 0 aliphatic carbocycles. The zero-order valence-corrected chi connectivity index (χ0v) is 12.2. The highest BCUT2D eigenvalue weighted by molar-refractivity contribution is 5.21. The number of aromatic nitrogens is 2. The Bertz CT molecular complexity index is 539. The Labute approximate surface area is 121 Å². The molecule has 1 N–H and O–H groups in total. The standard InChI is InChI=1S/C17H23N3/c1-2-17-19-15(12-14-6-4-3-5-7-14)13-20(17)16-8-10-18-11-9-16/h3-7,13,16,18H,2,8-12H2,1H3. The molecule has 0 amide bonds. The zero-order valence-electron chi connectivity index (χ0n) is 12.2. The van der Waals surface area contributed by atoms with Gasteiger partial charge in [-0.25, -0.2) is 4.98 Å². The van der Waals surface area contributed by atoms with Gasteiger partial charge in [-0.3, -0.25) is 0 Å². The number of nitrogens with zero attached hydrogens (tertiary/aromatic N) is 2. The van der Waals surface area contributed by atoms with Crippen LogP contribution in [0.3, 0.4) is 0 Å². The lowest BCUT2D eigenvalue weighted by molar-refractivity contribution is 0.360. The second kappa shape index (κ2) is 6.23. The van der Waals surface area contributed by atoms with E-state index in [0.29, 0.717) is 6.04 Å². The van der Waals surface area contributed by atoms with Gasteiger partial charge in [0.1, 0.15) is 5.82 Å². The molecule has 0 bridgehead atoms. The monoisotopic (exact) mass is 269 g/mol. The van der Waals surface area contributed by atoms with Crippen molar-refractivity contribution in [2.75, 3.05) is 13.1 Å². The summed E-state index contributed by atoms with van der Waals surface area (Å²) < 4.78 is 2.43. The van der Waals surface area contributed by atoms with E-state index in [4.69, 9.17) is 4.98 Å². The van der Waals surface area contributed by atoms with Crippen molar-refractivity contribution in [3.63, 3.8) is 0 Å². The third-order valence-corrected chi connectivity index (χ3v) is 4.11. The summed E-state index contributed by atoms with van der Waals surface area (Å²) in [4.78, 5) is 4.84. The number of nitrogens with one attached hydrogen (secondary N) is 1. The van der Waals surface area contributed by atoms with Crippen LogP contribution in [0.4, 0.5) is 0 Å². The van der Waals surface area contributed by atoms with Gasteiger partial charge in [-0.05, 0) is 31.5 Å². The van der Waals surface area contributed by atoms with E-state index < -0.39 is 0 Å². The molecule has 20 heavy (non-hydrogen) atoms. The SMILES string of the molecule is CCc1nc(Cc2ccccc2)cn1C1CCNCC1. The maximum atomic E-state index is 4.84. The van der Waals surface area contributed by atoms with Crippen molar-refractivity contribution >= 4 is 0 Å². The van der Waals surface area contributed by atoms with E-state index in [9.17, 15) is 0 Å². The van der Waals surface area contributed by atoms with Crippen LogP contribution in [0, 0.1) is 0 Å². The summed E-state index contributed by atoms with van der Waals surface area (Å²) >= 11 is 0. The van der Waals surface area contributed by atoms with E-state index in [0.717, 1.165) is 25.9 Å². The van der Waals surface area contributed by atoms with Crippen molar-refractivity contribution in [2.24, 2.45) is 0 Å². The average Bonchev–Trinajstić information content (AvgIpc) is 2.92. The Balaban J connectivity index is 1.81. The topological polar surface area (TPSA) is 29.9 Å². The van der Waals surface area contributed by atoms with Crippen LogP contribution in [-0.2, 0) is 12.8 Å². The first-order valence-corrected chi connectivity index (χ1v) is 7.68. The molecule has 2 aromatic rings. The van der Waals surface area contributed by atoms with Crippen molar-refractivity contribution in [3.05, 3.63) is 53.6 Å². The number of piperidine rings is 1. The predicted octanol–water partition coefficient (Wildman–Crippen LogP) is 2.96. The highest BCUT2D eigenvalue weighted by Crippen LogP contribution is 2.22. The molecule has 0 unspecified atom stereocenters. The summed E-state index contributed by atoms with van der Waals surface area (Å²) in [5.41, 5.74) is 2.54. The van der Waals surface area contributed by atoms with Crippen molar-refractivity contribution in [1.82, 2.24) is 14.9 Å². The number of imidazole rings is 1. The second-order valence-corrected chi connectivity index (χ2v) is 5.55. The summed E-state index contributed by atoms with van der Waals surface area (Å²) in [6.45, 7) is 4.45. The number of hydrogen-bond acceptors (Lipinski definition) is 2. The summed E-state index contributed by atoms with van der Waals surface area (Å²) in [5.74, 6) is 1.24. The average molecular weight is 269 g/mol. The van der Waals surface area contributed by atoms with Gasteiger partial charge in [-0.2, -0.15) is 0 Å². The Hall–Kier alpha value is -1.61. The third-order valence-electron chi connectivity index (χ3n) is 4.11. The molecule has 3 heteroatoms. The van der Waals surface area contributed by atoms with E-state index in [1.807, 2.05) is 0 Å². The number of hydrogen-bond donors (Lipinski definition) is 1. The Morgan fingerprint density at radius 1 is 1.20 bits per heavy atom. The molecule has 1 aliphatic heterocycles. The summed E-state index contributed by atoms with van der Waals surface area (Å²) in [5, 5.41) is 3.43. The molecule has 3 rings (SSSR count). The maximum Gasteiger partial charge on any atom is 0.108 e. The fourth-order valence-electron chi connectivity index (χ4n) is 3.04. The van der Waals surface area contributed by atoms with Crippen LogP contribution in [0.2, 0.25) is 0 Å². The van der Waals surface area contributed by atoms with E-state index in [1.165, 1.54) is 29.9 Å². The highest BCUT2D eigenvalue weighted by Gasteiger charge is 2.18. The van der Waals surface area contributed by atoms with Crippen LogP contribution in [0.25, 0.3) is 0 Å². The van der Waals surface area contributed by atoms with Gasteiger partial charge in [-0.15, -0.1) is 0 Å². The van der Waals surface area contributed by atoms with E-state index in [1.54, 1.807) is 0 Å². The zero-order chi connectivity index (χ0) is 13.8. The van der Waals surface area contributed by atoms with Crippen molar-refractivity contribution < 1.29 is 0 Å². The lowest BCUT2D eigenvalue weighted by Crippen LogP contribution is -2.29. The van der Waals surface area contributed by atoms with Crippen LogP contribution < -0.4 is 5.32 Å². The van der Waals surface area contributed by atoms with Crippen LogP contribution in [0.1, 0.15) is 42.9 Å². The molecule has 1 aliphatic rings. The molecule has 106 valence electrons. The van der Waals surface area contributed by atoms with Gasteiger partial charge in [0.05, 0.1) is 5.69 Å². The number of rotatable bonds is 4. The number of benzene rings is 1. The smallest absolute Gasteiger partial charge is 0.108 e. The highest BCUT2D eigenvalue weighted by atomic mass is 15.1. The summed E-state index contributed by atoms with van der Waals surface area (Å²) in [6.07, 6.45) is 6.66. The molecule has 1 aromatic carbocycles. The molecule has 1 saturated heterocycles. The fraction of sp³-hybridized carbons (Fsp3) is 0.471. The first-order valence-electron chi connectivity index (χ1n) is 7.68. The van der Waals surface area contributed by atoms with Crippen LogP contribution >= 0.6 is 0 Å².